The normalized spacial score (nSPS) is 14.9. The molecule has 3 heteroatoms. The van der Waals surface area contributed by atoms with Gasteiger partial charge in [-0.1, -0.05) is 37.3 Å². The van der Waals surface area contributed by atoms with Gasteiger partial charge in [-0.2, -0.15) is 0 Å². The van der Waals surface area contributed by atoms with Gasteiger partial charge in [-0.05, 0) is 25.5 Å². The van der Waals surface area contributed by atoms with Crippen molar-refractivity contribution in [1.29, 1.82) is 0 Å². The van der Waals surface area contributed by atoms with Gasteiger partial charge in [-0.25, -0.2) is 0 Å². The molecule has 1 aromatic rings. The smallest absolute Gasteiger partial charge is 0.0994 e. The first-order valence-corrected chi connectivity index (χ1v) is 6.21. The first kappa shape index (κ1) is 14.2. The maximum Gasteiger partial charge on any atom is 0.0994 e. The molecular formula is C14H23NO2. The Balaban J connectivity index is 2.69. The molecule has 0 spiro atoms. The van der Waals surface area contributed by atoms with Crippen LogP contribution in [0.15, 0.2) is 30.3 Å². The molecule has 1 unspecified atom stereocenters. The van der Waals surface area contributed by atoms with Gasteiger partial charge in [0.2, 0.25) is 0 Å². The van der Waals surface area contributed by atoms with E-state index in [1.54, 1.807) is 0 Å². The summed E-state index contributed by atoms with van der Waals surface area (Å²) >= 11 is 0. The van der Waals surface area contributed by atoms with Gasteiger partial charge in [0.25, 0.3) is 0 Å². The molecule has 1 aromatic carbocycles. The number of rotatable bonds is 7. The molecule has 0 heterocycles. The highest BCUT2D eigenvalue weighted by molar-refractivity contribution is 5.21. The SMILES string of the molecule is CCCN(CCO)CC(C)(O)c1ccccc1. The minimum atomic E-state index is -0.869. The lowest BCUT2D eigenvalue weighted by Crippen LogP contribution is -2.40. The highest BCUT2D eigenvalue weighted by Crippen LogP contribution is 2.21. The van der Waals surface area contributed by atoms with Crippen molar-refractivity contribution >= 4 is 0 Å². The van der Waals surface area contributed by atoms with Gasteiger partial charge in [-0.15, -0.1) is 0 Å². The van der Waals surface area contributed by atoms with Crippen molar-refractivity contribution in [2.24, 2.45) is 0 Å². The lowest BCUT2D eigenvalue weighted by Gasteiger charge is -2.31. The molecule has 0 bridgehead atoms. The third-order valence-electron chi connectivity index (χ3n) is 2.88. The van der Waals surface area contributed by atoms with Crippen LogP contribution >= 0.6 is 0 Å². The Hall–Kier alpha value is -0.900. The molecule has 1 rings (SSSR count). The summed E-state index contributed by atoms with van der Waals surface area (Å²) < 4.78 is 0. The molecule has 0 amide bonds. The second-order valence-corrected chi connectivity index (χ2v) is 4.64. The highest BCUT2D eigenvalue weighted by Gasteiger charge is 2.25. The Morgan fingerprint density at radius 1 is 1.18 bits per heavy atom. The van der Waals surface area contributed by atoms with E-state index in [2.05, 4.69) is 11.8 Å². The topological polar surface area (TPSA) is 43.7 Å². The van der Waals surface area contributed by atoms with E-state index in [9.17, 15) is 5.11 Å². The van der Waals surface area contributed by atoms with Crippen molar-refractivity contribution in [3.8, 4) is 0 Å². The van der Waals surface area contributed by atoms with E-state index in [0.29, 0.717) is 13.1 Å². The van der Waals surface area contributed by atoms with Crippen LogP contribution in [-0.4, -0.2) is 41.4 Å². The van der Waals surface area contributed by atoms with Crippen LogP contribution in [0.25, 0.3) is 0 Å². The van der Waals surface area contributed by atoms with Gasteiger partial charge in [0.15, 0.2) is 0 Å². The molecule has 0 aliphatic rings. The van der Waals surface area contributed by atoms with Gasteiger partial charge < -0.3 is 10.2 Å². The second-order valence-electron chi connectivity index (χ2n) is 4.64. The fourth-order valence-electron chi connectivity index (χ4n) is 2.05. The molecule has 0 aliphatic carbocycles. The largest absolute Gasteiger partial charge is 0.395 e. The lowest BCUT2D eigenvalue weighted by molar-refractivity contribution is 0.0115. The van der Waals surface area contributed by atoms with E-state index in [4.69, 9.17) is 5.11 Å². The second kappa shape index (κ2) is 6.74. The molecule has 0 radical (unpaired) electrons. The van der Waals surface area contributed by atoms with E-state index >= 15 is 0 Å². The molecule has 0 saturated carbocycles. The van der Waals surface area contributed by atoms with Crippen LogP contribution in [0.5, 0.6) is 0 Å². The highest BCUT2D eigenvalue weighted by atomic mass is 16.3. The van der Waals surface area contributed by atoms with Crippen molar-refractivity contribution in [2.75, 3.05) is 26.2 Å². The van der Waals surface area contributed by atoms with Crippen LogP contribution < -0.4 is 0 Å². The van der Waals surface area contributed by atoms with E-state index in [1.165, 1.54) is 0 Å². The fourth-order valence-corrected chi connectivity index (χ4v) is 2.05. The quantitative estimate of drug-likeness (QED) is 0.757. The van der Waals surface area contributed by atoms with E-state index in [0.717, 1.165) is 18.5 Å². The number of nitrogens with zero attached hydrogens (tertiary/aromatic N) is 1. The Bertz CT molecular complexity index is 305. The zero-order valence-corrected chi connectivity index (χ0v) is 10.8. The number of aliphatic hydroxyl groups excluding tert-OH is 1. The maximum atomic E-state index is 10.5. The van der Waals surface area contributed by atoms with E-state index < -0.39 is 5.60 Å². The first-order valence-electron chi connectivity index (χ1n) is 6.21. The summed E-state index contributed by atoms with van der Waals surface area (Å²) in [5.41, 5.74) is 0.0463. The maximum absolute atomic E-state index is 10.5. The summed E-state index contributed by atoms with van der Waals surface area (Å²) in [5.74, 6) is 0. The summed E-state index contributed by atoms with van der Waals surface area (Å²) in [5, 5.41) is 19.5. The van der Waals surface area contributed by atoms with Crippen LogP contribution in [0.1, 0.15) is 25.8 Å². The van der Waals surface area contributed by atoms with E-state index in [-0.39, 0.29) is 6.61 Å². The minimum absolute atomic E-state index is 0.130. The molecule has 96 valence electrons. The average molecular weight is 237 g/mol. The predicted molar refractivity (Wildman–Crippen MR) is 69.8 cm³/mol. The molecule has 0 fully saturated rings. The van der Waals surface area contributed by atoms with Gasteiger partial charge in [0, 0.05) is 13.1 Å². The molecular weight excluding hydrogens is 214 g/mol. The summed E-state index contributed by atoms with van der Waals surface area (Å²) in [6.45, 7) is 6.10. The Labute approximate surface area is 104 Å². The minimum Gasteiger partial charge on any atom is -0.395 e. The van der Waals surface area contributed by atoms with Crippen molar-refractivity contribution < 1.29 is 10.2 Å². The third-order valence-corrected chi connectivity index (χ3v) is 2.88. The predicted octanol–water partition coefficient (Wildman–Crippen LogP) is 1.60. The molecule has 1 atom stereocenters. The standard InChI is InChI=1S/C14H23NO2/c1-3-9-15(10-11-16)12-14(2,17)13-7-5-4-6-8-13/h4-8,16-17H,3,9-12H2,1-2H3. The Morgan fingerprint density at radius 3 is 2.35 bits per heavy atom. The molecule has 0 saturated heterocycles. The summed E-state index contributed by atoms with van der Waals surface area (Å²) in [7, 11) is 0. The number of aliphatic hydroxyl groups is 2. The summed E-state index contributed by atoms with van der Waals surface area (Å²) in [6, 6.07) is 9.67. The number of hydrogen-bond donors (Lipinski definition) is 2. The lowest BCUT2D eigenvalue weighted by atomic mass is 9.95. The Morgan fingerprint density at radius 2 is 1.82 bits per heavy atom. The molecule has 2 N–H and O–H groups in total. The van der Waals surface area contributed by atoms with Crippen molar-refractivity contribution in [3.63, 3.8) is 0 Å². The molecule has 0 aromatic heterocycles. The third kappa shape index (κ3) is 4.46. The van der Waals surface area contributed by atoms with Crippen molar-refractivity contribution in [1.82, 2.24) is 4.90 Å². The van der Waals surface area contributed by atoms with Crippen LogP contribution in [0.3, 0.4) is 0 Å². The zero-order chi connectivity index (χ0) is 12.7. The van der Waals surface area contributed by atoms with Crippen LogP contribution in [-0.2, 0) is 5.60 Å². The monoisotopic (exact) mass is 237 g/mol. The first-order chi connectivity index (χ1) is 8.10. The number of benzene rings is 1. The van der Waals surface area contributed by atoms with Crippen molar-refractivity contribution in [3.05, 3.63) is 35.9 Å². The van der Waals surface area contributed by atoms with Gasteiger partial charge in [0.1, 0.15) is 0 Å². The van der Waals surface area contributed by atoms with E-state index in [1.807, 2.05) is 37.3 Å². The number of hydrogen-bond acceptors (Lipinski definition) is 3. The average Bonchev–Trinajstić information content (AvgIpc) is 2.30. The summed E-state index contributed by atoms with van der Waals surface area (Å²) in [6.07, 6.45) is 1.02. The van der Waals surface area contributed by atoms with Crippen LogP contribution in [0.4, 0.5) is 0 Å². The van der Waals surface area contributed by atoms with Gasteiger partial charge in [0.05, 0.1) is 12.2 Å². The summed E-state index contributed by atoms with van der Waals surface area (Å²) in [4.78, 5) is 2.09. The fraction of sp³-hybridized carbons (Fsp3) is 0.571. The van der Waals surface area contributed by atoms with Crippen LogP contribution in [0, 0.1) is 0 Å². The Kier molecular flexibility index (Phi) is 5.62. The van der Waals surface area contributed by atoms with Gasteiger partial charge in [-0.3, -0.25) is 4.90 Å². The molecule has 3 nitrogen and oxygen atoms in total. The van der Waals surface area contributed by atoms with Gasteiger partial charge >= 0.3 is 0 Å². The van der Waals surface area contributed by atoms with Crippen molar-refractivity contribution in [2.45, 2.75) is 25.9 Å². The van der Waals surface area contributed by atoms with Crippen LogP contribution in [0.2, 0.25) is 0 Å². The zero-order valence-electron chi connectivity index (χ0n) is 10.8. The molecule has 0 aliphatic heterocycles. The molecule has 17 heavy (non-hydrogen) atoms.